The number of carbonyl (C=O) groups is 2. The Kier molecular flexibility index (Phi) is 5.83. The first-order valence-electron chi connectivity index (χ1n) is 6.22. The number of anilines is 1. The van der Waals surface area contributed by atoms with Gasteiger partial charge in [0.25, 0.3) is 0 Å². The molecule has 6 nitrogen and oxygen atoms in total. The molecule has 1 unspecified atom stereocenters. The van der Waals surface area contributed by atoms with Crippen LogP contribution in [0.15, 0.2) is 24.3 Å². The van der Waals surface area contributed by atoms with Crippen LogP contribution in [-0.4, -0.2) is 44.7 Å². The quantitative estimate of drug-likeness (QED) is 0.837. The highest BCUT2D eigenvalue weighted by Gasteiger charge is 2.18. The highest BCUT2D eigenvalue weighted by molar-refractivity contribution is 5.89. The average Bonchev–Trinajstić information content (AvgIpc) is 2.46. The van der Waals surface area contributed by atoms with Crippen LogP contribution in [0.1, 0.15) is 6.92 Å². The lowest BCUT2D eigenvalue weighted by atomic mass is 10.2. The summed E-state index contributed by atoms with van der Waals surface area (Å²) in [7, 11) is 4.51. The highest BCUT2D eigenvalue weighted by Crippen LogP contribution is 2.17. The second-order valence-corrected chi connectivity index (χ2v) is 4.47. The number of ether oxygens (including phenoxy) is 2. The number of amides is 2. The Morgan fingerprint density at radius 2 is 2.05 bits per heavy atom. The fraction of sp³-hybridized carbons (Fsp3) is 0.429. The van der Waals surface area contributed by atoms with Gasteiger partial charge in [-0.05, 0) is 12.1 Å². The highest BCUT2D eigenvalue weighted by atomic mass is 16.5. The molecule has 0 saturated heterocycles. The molecule has 20 heavy (non-hydrogen) atoms. The number of benzene rings is 1. The van der Waals surface area contributed by atoms with Crippen molar-refractivity contribution in [3.05, 3.63) is 24.3 Å². The van der Waals surface area contributed by atoms with Crippen LogP contribution in [0.2, 0.25) is 0 Å². The molecule has 110 valence electrons. The molecule has 0 bridgehead atoms. The third kappa shape index (κ3) is 4.46. The van der Waals surface area contributed by atoms with Crippen molar-refractivity contribution in [2.75, 3.05) is 33.1 Å². The van der Waals surface area contributed by atoms with Gasteiger partial charge in [-0.2, -0.15) is 0 Å². The van der Waals surface area contributed by atoms with Gasteiger partial charge in [0.15, 0.2) is 0 Å². The van der Waals surface area contributed by atoms with Gasteiger partial charge >= 0.3 is 12.0 Å². The van der Waals surface area contributed by atoms with E-state index in [1.165, 1.54) is 12.0 Å². The van der Waals surface area contributed by atoms with Gasteiger partial charge in [-0.3, -0.25) is 4.79 Å². The molecule has 1 aromatic rings. The number of nitrogens with zero attached hydrogens (tertiary/aromatic N) is 1. The van der Waals surface area contributed by atoms with Crippen LogP contribution >= 0.6 is 0 Å². The van der Waals surface area contributed by atoms with Gasteiger partial charge in [-0.1, -0.05) is 13.0 Å². The number of nitrogens with one attached hydrogen (secondary N) is 1. The third-order valence-corrected chi connectivity index (χ3v) is 2.82. The average molecular weight is 280 g/mol. The predicted octanol–water partition coefficient (Wildman–Crippen LogP) is 1.97. The van der Waals surface area contributed by atoms with E-state index < -0.39 is 0 Å². The van der Waals surface area contributed by atoms with Gasteiger partial charge in [0, 0.05) is 25.3 Å². The number of esters is 1. The lowest BCUT2D eigenvalue weighted by Gasteiger charge is -2.20. The van der Waals surface area contributed by atoms with E-state index >= 15 is 0 Å². The fourth-order valence-corrected chi connectivity index (χ4v) is 1.69. The second-order valence-electron chi connectivity index (χ2n) is 4.47. The van der Waals surface area contributed by atoms with Crippen molar-refractivity contribution < 1.29 is 19.1 Å². The van der Waals surface area contributed by atoms with Crippen LogP contribution in [0.3, 0.4) is 0 Å². The first-order chi connectivity index (χ1) is 9.47. The molecular formula is C14H20N2O4. The largest absolute Gasteiger partial charge is 0.497 e. The van der Waals surface area contributed by atoms with Crippen LogP contribution in [0.4, 0.5) is 10.5 Å². The number of urea groups is 1. The summed E-state index contributed by atoms with van der Waals surface area (Å²) in [5, 5.41) is 2.73. The van der Waals surface area contributed by atoms with Crippen LogP contribution in [-0.2, 0) is 9.53 Å². The van der Waals surface area contributed by atoms with E-state index in [1.54, 1.807) is 45.3 Å². The minimum atomic E-state index is -0.374. The number of rotatable bonds is 5. The van der Waals surface area contributed by atoms with Crippen molar-refractivity contribution in [3.63, 3.8) is 0 Å². The molecule has 0 spiro atoms. The predicted molar refractivity (Wildman–Crippen MR) is 75.8 cm³/mol. The molecule has 0 aliphatic rings. The minimum Gasteiger partial charge on any atom is -0.497 e. The Labute approximate surface area is 118 Å². The van der Waals surface area contributed by atoms with Crippen molar-refractivity contribution in [2.45, 2.75) is 6.92 Å². The van der Waals surface area contributed by atoms with Gasteiger partial charge in [-0.15, -0.1) is 0 Å². The maximum absolute atomic E-state index is 12.0. The van der Waals surface area contributed by atoms with E-state index in [4.69, 9.17) is 4.74 Å². The zero-order valence-corrected chi connectivity index (χ0v) is 12.2. The summed E-state index contributed by atoms with van der Waals surface area (Å²) in [6, 6.07) is 6.76. The van der Waals surface area contributed by atoms with Crippen LogP contribution < -0.4 is 10.1 Å². The van der Waals surface area contributed by atoms with Crippen molar-refractivity contribution in [3.8, 4) is 5.75 Å². The minimum absolute atomic E-state index is 0.280. The SMILES string of the molecule is COC(=O)C(C)CN(C)C(=O)Nc1cccc(OC)c1. The van der Waals surface area contributed by atoms with E-state index in [0.29, 0.717) is 11.4 Å². The topological polar surface area (TPSA) is 67.9 Å². The van der Waals surface area contributed by atoms with Gasteiger partial charge < -0.3 is 19.7 Å². The Hall–Kier alpha value is -2.24. The monoisotopic (exact) mass is 280 g/mol. The molecule has 1 N–H and O–H groups in total. The Balaban J connectivity index is 2.59. The van der Waals surface area contributed by atoms with Crippen molar-refractivity contribution >= 4 is 17.7 Å². The van der Waals surface area contributed by atoms with E-state index in [1.807, 2.05) is 0 Å². The van der Waals surface area contributed by atoms with Gasteiger partial charge in [0.1, 0.15) is 5.75 Å². The van der Waals surface area contributed by atoms with Crippen molar-refractivity contribution in [1.82, 2.24) is 4.90 Å². The molecule has 2 amide bonds. The summed E-state index contributed by atoms with van der Waals surface area (Å²) in [6.07, 6.45) is 0. The van der Waals surface area contributed by atoms with E-state index in [-0.39, 0.29) is 24.5 Å². The van der Waals surface area contributed by atoms with Crippen molar-refractivity contribution in [2.24, 2.45) is 5.92 Å². The van der Waals surface area contributed by atoms with Gasteiger partial charge in [0.2, 0.25) is 0 Å². The molecule has 0 radical (unpaired) electrons. The molecule has 0 aromatic heterocycles. The van der Waals surface area contributed by atoms with Crippen LogP contribution in [0.5, 0.6) is 5.75 Å². The summed E-state index contributed by atoms with van der Waals surface area (Å²) < 4.78 is 9.71. The summed E-state index contributed by atoms with van der Waals surface area (Å²) in [5.74, 6) is -0.0551. The molecule has 0 saturated carbocycles. The molecule has 1 atom stereocenters. The van der Waals surface area contributed by atoms with Gasteiger partial charge in [-0.25, -0.2) is 4.79 Å². The zero-order valence-electron chi connectivity index (χ0n) is 12.2. The second kappa shape index (κ2) is 7.37. The molecule has 1 aromatic carbocycles. The maximum atomic E-state index is 12.0. The number of hydrogen-bond acceptors (Lipinski definition) is 4. The smallest absolute Gasteiger partial charge is 0.321 e. The van der Waals surface area contributed by atoms with Crippen LogP contribution in [0, 0.1) is 5.92 Å². The molecule has 6 heteroatoms. The normalized spacial score (nSPS) is 11.4. The van der Waals surface area contributed by atoms with E-state index in [0.717, 1.165) is 0 Å². The molecule has 0 heterocycles. The molecule has 0 aliphatic heterocycles. The van der Waals surface area contributed by atoms with Crippen molar-refractivity contribution in [1.29, 1.82) is 0 Å². The first kappa shape index (κ1) is 15.8. The Morgan fingerprint density at radius 3 is 2.65 bits per heavy atom. The number of hydrogen-bond donors (Lipinski definition) is 1. The summed E-state index contributed by atoms with van der Waals surface area (Å²) in [4.78, 5) is 24.7. The molecular weight excluding hydrogens is 260 g/mol. The number of carbonyl (C=O) groups excluding carboxylic acids is 2. The summed E-state index contributed by atoms with van der Waals surface area (Å²) in [6.45, 7) is 1.99. The van der Waals surface area contributed by atoms with Gasteiger partial charge in [0.05, 0.1) is 20.1 Å². The number of methoxy groups -OCH3 is 2. The molecule has 1 rings (SSSR count). The lowest BCUT2D eigenvalue weighted by molar-refractivity contribution is -0.145. The Bertz CT molecular complexity index is 476. The lowest BCUT2D eigenvalue weighted by Crippen LogP contribution is -2.37. The fourth-order valence-electron chi connectivity index (χ4n) is 1.69. The maximum Gasteiger partial charge on any atom is 0.321 e. The third-order valence-electron chi connectivity index (χ3n) is 2.82. The van der Waals surface area contributed by atoms with E-state index in [9.17, 15) is 9.59 Å². The molecule has 0 fully saturated rings. The van der Waals surface area contributed by atoms with Crippen LogP contribution in [0.25, 0.3) is 0 Å². The zero-order chi connectivity index (χ0) is 15.1. The van der Waals surface area contributed by atoms with E-state index in [2.05, 4.69) is 10.1 Å². The Morgan fingerprint density at radius 1 is 1.35 bits per heavy atom. The standard InChI is InChI=1S/C14H20N2O4/c1-10(13(17)20-4)9-16(2)14(18)15-11-6-5-7-12(8-11)19-3/h5-8,10H,9H2,1-4H3,(H,15,18). The summed E-state index contributed by atoms with van der Waals surface area (Å²) >= 11 is 0. The molecule has 0 aliphatic carbocycles. The first-order valence-corrected chi connectivity index (χ1v) is 6.22. The summed E-state index contributed by atoms with van der Waals surface area (Å²) in [5.41, 5.74) is 0.631.